The predicted molar refractivity (Wildman–Crippen MR) is 109 cm³/mol. The minimum Gasteiger partial charge on any atom is -0.454 e. The molecule has 0 radical (unpaired) electrons. The van der Waals surface area contributed by atoms with Gasteiger partial charge in [0.15, 0.2) is 17.5 Å². The number of fused-ring (bicyclic) bond motifs is 1. The highest BCUT2D eigenvalue weighted by atomic mass is 127. The quantitative estimate of drug-likeness (QED) is 0.339. The van der Waals surface area contributed by atoms with Gasteiger partial charge in [0.25, 0.3) is 0 Å². The zero-order chi connectivity index (χ0) is 17.6. The minimum absolute atomic E-state index is 0. The van der Waals surface area contributed by atoms with Gasteiger partial charge >= 0.3 is 0 Å². The number of benzene rings is 1. The summed E-state index contributed by atoms with van der Waals surface area (Å²) in [7, 11) is 3.35. The molecule has 0 unspecified atom stereocenters. The van der Waals surface area contributed by atoms with Crippen LogP contribution >= 0.6 is 24.0 Å². The first-order valence-corrected chi connectivity index (χ1v) is 8.01. The van der Waals surface area contributed by atoms with Gasteiger partial charge in [-0.05, 0) is 38.0 Å². The molecule has 2 rings (SSSR count). The zero-order valence-corrected chi connectivity index (χ0v) is 17.5. The van der Waals surface area contributed by atoms with Crippen molar-refractivity contribution in [3.8, 4) is 11.5 Å². The van der Waals surface area contributed by atoms with E-state index >= 15 is 0 Å². The summed E-state index contributed by atoms with van der Waals surface area (Å²) < 4.78 is 10.7. The lowest BCUT2D eigenvalue weighted by Crippen LogP contribution is -2.47. The highest BCUT2D eigenvalue weighted by Gasteiger charge is 2.26. The van der Waals surface area contributed by atoms with Crippen molar-refractivity contribution in [1.82, 2.24) is 16.0 Å². The van der Waals surface area contributed by atoms with Crippen molar-refractivity contribution in [1.29, 1.82) is 0 Å². The number of nitrogens with one attached hydrogen (secondary N) is 3. The number of aliphatic imine (C=N–C) groups is 1. The molecule has 1 amide bonds. The molecule has 3 N–H and O–H groups in total. The average molecular weight is 462 g/mol. The molecule has 1 aromatic carbocycles. The number of hydrogen-bond acceptors (Lipinski definition) is 4. The lowest BCUT2D eigenvalue weighted by atomic mass is 9.92. The van der Waals surface area contributed by atoms with Gasteiger partial charge in [-0.3, -0.25) is 9.79 Å². The lowest BCUT2D eigenvalue weighted by molar-refractivity contribution is -0.128. The highest BCUT2D eigenvalue weighted by molar-refractivity contribution is 14.0. The van der Waals surface area contributed by atoms with E-state index in [1.165, 1.54) is 0 Å². The molecule has 7 nitrogen and oxygen atoms in total. The standard InChI is InChI=1S/C17H26N4O3.HI/c1-17(2,15(22)18-3)10-21-16(19-4)20-8-7-12-5-6-13-14(9-12)24-11-23-13;/h5-6,9H,7-8,10-11H2,1-4H3,(H,18,22)(H2,19,20,21);1H. The van der Waals surface area contributed by atoms with Gasteiger partial charge in [-0.15, -0.1) is 24.0 Å². The van der Waals surface area contributed by atoms with E-state index in [1.54, 1.807) is 14.1 Å². The van der Waals surface area contributed by atoms with Crippen molar-refractivity contribution < 1.29 is 14.3 Å². The summed E-state index contributed by atoms with van der Waals surface area (Å²) in [5, 5.41) is 9.11. The Balaban J connectivity index is 0.00000312. The molecule has 140 valence electrons. The molecule has 1 heterocycles. The van der Waals surface area contributed by atoms with Crippen LogP contribution in [0.1, 0.15) is 19.4 Å². The number of carbonyl (C=O) groups is 1. The van der Waals surface area contributed by atoms with E-state index in [4.69, 9.17) is 9.47 Å². The van der Waals surface area contributed by atoms with E-state index in [1.807, 2.05) is 32.0 Å². The Morgan fingerprint density at radius 3 is 2.64 bits per heavy atom. The van der Waals surface area contributed by atoms with E-state index in [0.717, 1.165) is 30.0 Å². The fourth-order valence-electron chi connectivity index (χ4n) is 2.37. The van der Waals surface area contributed by atoms with Gasteiger partial charge in [-0.25, -0.2) is 0 Å². The Bertz CT molecular complexity index is 620. The first-order chi connectivity index (χ1) is 11.5. The third-order valence-electron chi connectivity index (χ3n) is 3.91. The van der Waals surface area contributed by atoms with Gasteiger partial charge < -0.3 is 25.4 Å². The number of ether oxygens (including phenoxy) is 2. The van der Waals surface area contributed by atoms with Crippen molar-refractivity contribution in [2.45, 2.75) is 20.3 Å². The van der Waals surface area contributed by atoms with Gasteiger partial charge in [0.2, 0.25) is 12.7 Å². The molecule has 8 heteroatoms. The molecule has 1 aliphatic rings. The smallest absolute Gasteiger partial charge is 0.231 e. The second-order valence-electron chi connectivity index (χ2n) is 6.25. The van der Waals surface area contributed by atoms with Gasteiger partial charge in [0, 0.05) is 27.2 Å². The number of guanidine groups is 1. The summed E-state index contributed by atoms with van der Waals surface area (Å²) in [6.45, 7) is 5.28. The highest BCUT2D eigenvalue weighted by Crippen LogP contribution is 2.32. The maximum Gasteiger partial charge on any atom is 0.231 e. The van der Waals surface area contributed by atoms with Gasteiger partial charge in [-0.1, -0.05) is 6.07 Å². The van der Waals surface area contributed by atoms with Crippen LogP contribution in [0.3, 0.4) is 0 Å². The topological polar surface area (TPSA) is 84.0 Å². The molecule has 0 aromatic heterocycles. The number of carbonyl (C=O) groups excluding carboxylic acids is 1. The van der Waals surface area contributed by atoms with Gasteiger partial charge in [-0.2, -0.15) is 0 Å². The van der Waals surface area contributed by atoms with Crippen molar-refractivity contribution in [3.05, 3.63) is 23.8 Å². The third-order valence-corrected chi connectivity index (χ3v) is 3.91. The molecule has 0 aliphatic carbocycles. The average Bonchev–Trinajstić information content (AvgIpc) is 3.04. The predicted octanol–water partition coefficient (Wildman–Crippen LogP) is 1.51. The third kappa shape index (κ3) is 5.94. The second kappa shape index (κ2) is 9.69. The lowest BCUT2D eigenvalue weighted by Gasteiger charge is -2.24. The molecule has 0 spiro atoms. The summed E-state index contributed by atoms with van der Waals surface area (Å²) in [6.07, 6.45) is 0.830. The maximum atomic E-state index is 11.8. The van der Waals surface area contributed by atoms with Crippen LogP contribution in [0.5, 0.6) is 11.5 Å². The van der Waals surface area contributed by atoms with Crippen LogP contribution in [0.4, 0.5) is 0 Å². The van der Waals surface area contributed by atoms with Crippen LogP contribution in [-0.2, 0) is 11.2 Å². The van der Waals surface area contributed by atoms with Crippen LogP contribution in [-0.4, -0.2) is 45.8 Å². The van der Waals surface area contributed by atoms with Crippen LogP contribution in [0.25, 0.3) is 0 Å². The summed E-state index contributed by atoms with van der Waals surface area (Å²) in [5.41, 5.74) is 0.650. The van der Waals surface area contributed by atoms with E-state index in [-0.39, 0.29) is 36.7 Å². The SMILES string of the molecule is CN=C(NCCc1ccc2c(c1)OCO2)NCC(C)(C)C(=O)NC.I. The molecule has 0 saturated carbocycles. The Kier molecular flexibility index (Phi) is 8.27. The van der Waals surface area contributed by atoms with Gasteiger partial charge in [0.05, 0.1) is 5.41 Å². The first-order valence-electron chi connectivity index (χ1n) is 8.01. The minimum atomic E-state index is -0.510. The molecule has 0 atom stereocenters. The molecule has 0 fully saturated rings. The molecule has 1 aromatic rings. The fourth-order valence-corrected chi connectivity index (χ4v) is 2.37. The van der Waals surface area contributed by atoms with E-state index in [2.05, 4.69) is 20.9 Å². The largest absolute Gasteiger partial charge is 0.454 e. The van der Waals surface area contributed by atoms with Crippen LogP contribution in [0, 0.1) is 5.41 Å². The van der Waals surface area contributed by atoms with Crippen LogP contribution in [0.2, 0.25) is 0 Å². The van der Waals surface area contributed by atoms with E-state index in [9.17, 15) is 4.79 Å². The van der Waals surface area contributed by atoms with Crippen molar-refractivity contribution >= 4 is 35.8 Å². The molecule has 1 aliphatic heterocycles. The second-order valence-corrected chi connectivity index (χ2v) is 6.25. The molecular weight excluding hydrogens is 435 g/mol. The van der Waals surface area contributed by atoms with Crippen molar-refractivity contribution in [3.63, 3.8) is 0 Å². The summed E-state index contributed by atoms with van der Waals surface area (Å²) in [5.74, 6) is 2.25. The summed E-state index contributed by atoms with van der Waals surface area (Å²) in [6, 6.07) is 5.95. The first kappa shape index (κ1) is 21.3. The molecule has 25 heavy (non-hydrogen) atoms. The molecule has 0 bridgehead atoms. The Labute approximate surface area is 166 Å². The Hall–Kier alpha value is -1.71. The zero-order valence-electron chi connectivity index (χ0n) is 15.1. The van der Waals surface area contributed by atoms with Crippen LogP contribution in [0.15, 0.2) is 23.2 Å². The molecule has 0 saturated heterocycles. The Morgan fingerprint density at radius 2 is 1.96 bits per heavy atom. The van der Waals surface area contributed by atoms with Crippen molar-refractivity contribution in [2.24, 2.45) is 10.4 Å². The van der Waals surface area contributed by atoms with E-state index < -0.39 is 5.41 Å². The summed E-state index contributed by atoms with van der Waals surface area (Å²) in [4.78, 5) is 16.0. The molecular formula is C17H27IN4O3. The number of rotatable bonds is 6. The maximum absolute atomic E-state index is 11.8. The monoisotopic (exact) mass is 462 g/mol. The Morgan fingerprint density at radius 1 is 1.24 bits per heavy atom. The number of halogens is 1. The van der Waals surface area contributed by atoms with Crippen molar-refractivity contribution in [2.75, 3.05) is 34.0 Å². The summed E-state index contributed by atoms with van der Waals surface area (Å²) >= 11 is 0. The fraction of sp³-hybridized carbons (Fsp3) is 0.529. The van der Waals surface area contributed by atoms with Crippen LogP contribution < -0.4 is 25.4 Å². The van der Waals surface area contributed by atoms with Gasteiger partial charge in [0.1, 0.15) is 0 Å². The normalized spacial score (nSPS) is 13.0. The number of hydrogen-bond donors (Lipinski definition) is 3. The number of nitrogens with zero attached hydrogens (tertiary/aromatic N) is 1. The number of amides is 1. The van der Waals surface area contributed by atoms with E-state index in [0.29, 0.717) is 12.5 Å².